The van der Waals surface area contributed by atoms with E-state index in [1.165, 1.54) is 16.0 Å². The van der Waals surface area contributed by atoms with E-state index >= 15 is 0 Å². The summed E-state index contributed by atoms with van der Waals surface area (Å²) in [7, 11) is 0. The van der Waals surface area contributed by atoms with Crippen LogP contribution in [-0.2, 0) is 11.8 Å². The second-order valence-electron chi connectivity index (χ2n) is 7.17. The van der Waals surface area contributed by atoms with Gasteiger partial charge in [-0.25, -0.2) is 0 Å². The summed E-state index contributed by atoms with van der Waals surface area (Å²) in [5.74, 6) is 1.18. The topological polar surface area (TPSA) is 20.3 Å². The zero-order valence-electron chi connectivity index (χ0n) is 14.7. The monoisotopic (exact) mass is 405 g/mol. The quantitative estimate of drug-likeness (QED) is 0.625. The molecule has 0 unspecified atom stereocenters. The molecule has 1 saturated heterocycles. The fourth-order valence-corrected chi connectivity index (χ4v) is 5.76. The number of piperidine rings is 1. The summed E-state index contributed by atoms with van der Waals surface area (Å²) in [6.07, 6.45) is 3.11. The Morgan fingerprint density at radius 3 is 2.58 bits per heavy atom. The lowest BCUT2D eigenvalue weighted by Crippen LogP contribution is -2.45. The summed E-state index contributed by atoms with van der Waals surface area (Å²) >= 11 is 14.0. The Kier molecular flexibility index (Phi) is 4.98. The number of likely N-dealkylation sites (tertiary alicyclic amines) is 1. The number of halogens is 2. The first-order valence-electron chi connectivity index (χ1n) is 9.03. The molecule has 4 rings (SSSR count). The number of rotatable bonds is 2. The maximum Gasteiger partial charge on any atom is 0.253 e. The van der Waals surface area contributed by atoms with Crippen molar-refractivity contribution in [3.8, 4) is 0 Å². The standard InChI is InChI=1S/C21H21Cl2NOS/c1-2-14-3-6-19-16(11-14)21(13-26-19)7-9-24(10-8-21)20(25)15-4-5-17(22)18(23)12-15/h3-6,11-12H,2,7-10,13H2,1H3. The van der Waals surface area contributed by atoms with Crippen LogP contribution in [0.15, 0.2) is 41.3 Å². The van der Waals surface area contributed by atoms with Gasteiger partial charge in [-0.3, -0.25) is 4.79 Å². The molecule has 2 aromatic rings. The van der Waals surface area contributed by atoms with Crippen LogP contribution in [0.25, 0.3) is 0 Å². The van der Waals surface area contributed by atoms with Gasteiger partial charge in [-0.15, -0.1) is 11.8 Å². The third-order valence-corrected chi connectivity index (χ3v) is 7.80. The number of benzene rings is 2. The molecule has 2 heterocycles. The highest BCUT2D eigenvalue weighted by atomic mass is 35.5. The number of thioether (sulfide) groups is 1. The van der Waals surface area contributed by atoms with Gasteiger partial charge in [0.15, 0.2) is 0 Å². The van der Waals surface area contributed by atoms with Gasteiger partial charge < -0.3 is 4.90 Å². The van der Waals surface area contributed by atoms with Crippen LogP contribution in [0, 0.1) is 0 Å². The average Bonchev–Trinajstić information content (AvgIpc) is 3.01. The Labute approximate surface area is 168 Å². The Bertz CT molecular complexity index is 859. The molecule has 2 aliphatic heterocycles. The van der Waals surface area contributed by atoms with Gasteiger partial charge in [-0.1, -0.05) is 42.3 Å². The molecule has 2 aliphatic rings. The summed E-state index contributed by atoms with van der Waals surface area (Å²) in [5, 5.41) is 0.909. The first kappa shape index (κ1) is 18.2. The van der Waals surface area contributed by atoms with E-state index in [2.05, 4.69) is 25.1 Å². The molecule has 136 valence electrons. The van der Waals surface area contributed by atoms with Crippen LogP contribution in [0.1, 0.15) is 41.3 Å². The van der Waals surface area contributed by atoms with E-state index < -0.39 is 0 Å². The highest BCUT2D eigenvalue weighted by Crippen LogP contribution is 2.50. The number of hydrogen-bond donors (Lipinski definition) is 0. The first-order chi connectivity index (χ1) is 12.5. The Hall–Kier alpha value is -1.16. The predicted molar refractivity (Wildman–Crippen MR) is 110 cm³/mol. The highest BCUT2D eigenvalue weighted by Gasteiger charge is 2.42. The van der Waals surface area contributed by atoms with Crippen molar-refractivity contribution in [2.24, 2.45) is 0 Å². The van der Waals surface area contributed by atoms with Crippen molar-refractivity contribution < 1.29 is 4.79 Å². The van der Waals surface area contributed by atoms with Crippen LogP contribution in [0.2, 0.25) is 10.0 Å². The van der Waals surface area contributed by atoms with Crippen molar-refractivity contribution in [3.63, 3.8) is 0 Å². The smallest absolute Gasteiger partial charge is 0.253 e. The van der Waals surface area contributed by atoms with E-state index in [-0.39, 0.29) is 11.3 Å². The third kappa shape index (κ3) is 3.15. The normalized spacial score (nSPS) is 18.2. The Morgan fingerprint density at radius 1 is 1.12 bits per heavy atom. The molecular weight excluding hydrogens is 385 g/mol. The summed E-state index contributed by atoms with van der Waals surface area (Å²) < 4.78 is 0. The number of carbonyl (C=O) groups excluding carboxylic acids is 1. The van der Waals surface area contributed by atoms with Crippen molar-refractivity contribution in [3.05, 3.63) is 63.1 Å². The zero-order chi connectivity index (χ0) is 18.3. The second kappa shape index (κ2) is 7.10. The molecule has 0 saturated carbocycles. The van der Waals surface area contributed by atoms with Crippen LogP contribution < -0.4 is 0 Å². The van der Waals surface area contributed by atoms with Crippen molar-refractivity contribution >= 4 is 40.9 Å². The number of nitrogens with zero attached hydrogens (tertiary/aromatic N) is 1. The molecule has 1 amide bonds. The molecule has 5 heteroatoms. The average molecular weight is 406 g/mol. The molecule has 1 spiro atoms. The van der Waals surface area contributed by atoms with Crippen LogP contribution in [-0.4, -0.2) is 29.6 Å². The maximum atomic E-state index is 12.8. The highest BCUT2D eigenvalue weighted by molar-refractivity contribution is 7.99. The van der Waals surface area contributed by atoms with Gasteiger partial charge in [0.05, 0.1) is 10.0 Å². The van der Waals surface area contributed by atoms with Crippen molar-refractivity contribution in [1.29, 1.82) is 0 Å². The van der Waals surface area contributed by atoms with E-state index in [9.17, 15) is 4.79 Å². The molecule has 0 aromatic heterocycles. The number of hydrogen-bond acceptors (Lipinski definition) is 2. The van der Waals surface area contributed by atoms with E-state index in [0.717, 1.165) is 38.1 Å². The summed E-state index contributed by atoms with van der Waals surface area (Å²) in [5.41, 5.74) is 3.74. The minimum Gasteiger partial charge on any atom is -0.339 e. The summed E-state index contributed by atoms with van der Waals surface area (Å²) in [6.45, 7) is 3.78. The van der Waals surface area contributed by atoms with Crippen LogP contribution in [0.5, 0.6) is 0 Å². The Balaban J connectivity index is 1.52. The lowest BCUT2D eigenvalue weighted by atomic mass is 9.74. The van der Waals surface area contributed by atoms with Gasteiger partial charge in [0.25, 0.3) is 5.91 Å². The molecular formula is C21H21Cl2NOS. The van der Waals surface area contributed by atoms with Gasteiger partial charge in [0.1, 0.15) is 0 Å². The molecule has 26 heavy (non-hydrogen) atoms. The molecule has 1 fully saturated rings. The van der Waals surface area contributed by atoms with E-state index in [1.807, 2.05) is 16.7 Å². The molecule has 0 bridgehead atoms. The summed E-state index contributed by atoms with van der Waals surface area (Å²) in [6, 6.07) is 12.0. The fraction of sp³-hybridized carbons (Fsp3) is 0.381. The number of carbonyl (C=O) groups is 1. The number of fused-ring (bicyclic) bond motifs is 2. The number of amides is 1. The van der Waals surface area contributed by atoms with Crippen LogP contribution in [0.3, 0.4) is 0 Å². The molecule has 0 aliphatic carbocycles. The van der Waals surface area contributed by atoms with Gasteiger partial charge in [0, 0.05) is 34.7 Å². The minimum absolute atomic E-state index is 0.0478. The maximum absolute atomic E-state index is 12.8. The molecule has 0 atom stereocenters. The van der Waals surface area contributed by atoms with E-state index in [0.29, 0.717) is 15.6 Å². The van der Waals surface area contributed by atoms with Gasteiger partial charge in [-0.2, -0.15) is 0 Å². The summed E-state index contributed by atoms with van der Waals surface area (Å²) in [4.78, 5) is 16.2. The second-order valence-corrected chi connectivity index (χ2v) is 9.01. The van der Waals surface area contributed by atoms with E-state index in [1.54, 1.807) is 18.2 Å². The van der Waals surface area contributed by atoms with Crippen molar-refractivity contribution in [1.82, 2.24) is 4.90 Å². The first-order valence-corrected chi connectivity index (χ1v) is 10.8. The third-order valence-electron chi connectivity index (χ3n) is 5.70. The lowest BCUT2D eigenvalue weighted by Gasteiger charge is -2.39. The fourth-order valence-electron chi connectivity index (χ4n) is 3.99. The molecule has 0 radical (unpaired) electrons. The predicted octanol–water partition coefficient (Wildman–Crippen LogP) is 5.84. The van der Waals surface area contributed by atoms with E-state index in [4.69, 9.17) is 23.2 Å². The van der Waals surface area contributed by atoms with Gasteiger partial charge >= 0.3 is 0 Å². The van der Waals surface area contributed by atoms with Crippen LogP contribution >= 0.6 is 35.0 Å². The van der Waals surface area contributed by atoms with Gasteiger partial charge in [-0.05, 0) is 54.7 Å². The SMILES string of the molecule is CCc1ccc2c(c1)C1(CCN(C(=O)c3ccc(Cl)c(Cl)c3)CC1)CS2. The zero-order valence-corrected chi connectivity index (χ0v) is 17.1. The number of aryl methyl sites for hydroxylation is 1. The molecule has 2 nitrogen and oxygen atoms in total. The van der Waals surface area contributed by atoms with Crippen molar-refractivity contribution in [2.75, 3.05) is 18.8 Å². The van der Waals surface area contributed by atoms with Gasteiger partial charge in [0.2, 0.25) is 0 Å². The molecule has 0 N–H and O–H groups in total. The lowest BCUT2D eigenvalue weighted by molar-refractivity contribution is 0.0679. The molecule has 2 aromatic carbocycles. The largest absolute Gasteiger partial charge is 0.339 e. The minimum atomic E-state index is 0.0478. The van der Waals surface area contributed by atoms with Crippen molar-refractivity contribution in [2.45, 2.75) is 36.5 Å². The Morgan fingerprint density at radius 2 is 1.88 bits per heavy atom. The van der Waals surface area contributed by atoms with Crippen LogP contribution in [0.4, 0.5) is 0 Å².